The average molecular weight is 274 g/mol. The van der Waals surface area contributed by atoms with Crippen molar-refractivity contribution in [1.82, 2.24) is 0 Å². The summed E-state index contributed by atoms with van der Waals surface area (Å²) in [7, 11) is 0. The van der Waals surface area contributed by atoms with Crippen LogP contribution < -0.4 is 5.32 Å². The molecule has 0 aliphatic heterocycles. The van der Waals surface area contributed by atoms with Gasteiger partial charge in [-0.05, 0) is 36.6 Å². The van der Waals surface area contributed by atoms with Crippen LogP contribution in [0.4, 0.5) is 15.8 Å². The highest BCUT2D eigenvalue weighted by molar-refractivity contribution is 5.61. The van der Waals surface area contributed by atoms with Crippen molar-refractivity contribution in [3.63, 3.8) is 0 Å². The summed E-state index contributed by atoms with van der Waals surface area (Å²) >= 11 is 0. The lowest BCUT2D eigenvalue weighted by atomic mass is 10.1. The van der Waals surface area contributed by atoms with Crippen LogP contribution in [0.5, 0.6) is 0 Å². The lowest BCUT2D eigenvalue weighted by Gasteiger charge is -2.09. The number of anilines is 1. The molecule has 0 amide bonds. The van der Waals surface area contributed by atoms with Gasteiger partial charge in [0.15, 0.2) is 0 Å². The van der Waals surface area contributed by atoms with Gasteiger partial charge in [-0.25, -0.2) is 4.39 Å². The molecule has 0 atom stereocenters. The van der Waals surface area contributed by atoms with Gasteiger partial charge in [-0.15, -0.1) is 0 Å². The lowest BCUT2D eigenvalue weighted by molar-refractivity contribution is -0.384. The quantitative estimate of drug-likeness (QED) is 0.678. The molecule has 5 heteroatoms. The molecule has 0 spiro atoms. The molecular formula is C15H15FN2O2. The minimum atomic E-state index is -0.526. The topological polar surface area (TPSA) is 55.2 Å². The van der Waals surface area contributed by atoms with Crippen molar-refractivity contribution in [3.8, 4) is 0 Å². The molecule has 0 heterocycles. The normalized spacial score (nSPS) is 10.3. The molecule has 20 heavy (non-hydrogen) atoms. The average Bonchev–Trinajstić information content (AvgIpc) is 2.40. The first kappa shape index (κ1) is 14.0. The maximum atomic E-state index is 13.2. The summed E-state index contributed by atoms with van der Waals surface area (Å²) in [6.07, 6.45) is 0. The van der Waals surface area contributed by atoms with Crippen LogP contribution in [0.25, 0.3) is 0 Å². The lowest BCUT2D eigenvalue weighted by Crippen LogP contribution is -2.03. The molecule has 0 aromatic heterocycles. The van der Waals surface area contributed by atoms with E-state index in [0.717, 1.165) is 29.3 Å². The van der Waals surface area contributed by atoms with Gasteiger partial charge in [0.2, 0.25) is 0 Å². The van der Waals surface area contributed by atoms with Crippen molar-refractivity contribution >= 4 is 11.4 Å². The van der Waals surface area contributed by atoms with Gasteiger partial charge in [-0.2, -0.15) is 0 Å². The van der Waals surface area contributed by atoms with Gasteiger partial charge >= 0.3 is 0 Å². The molecule has 0 saturated carbocycles. The van der Waals surface area contributed by atoms with E-state index in [9.17, 15) is 14.5 Å². The second-order valence-electron chi connectivity index (χ2n) is 4.69. The van der Waals surface area contributed by atoms with E-state index in [-0.39, 0.29) is 11.4 Å². The van der Waals surface area contributed by atoms with Crippen molar-refractivity contribution in [1.29, 1.82) is 0 Å². The third kappa shape index (κ3) is 3.12. The minimum absolute atomic E-state index is 0.129. The van der Waals surface area contributed by atoms with Gasteiger partial charge < -0.3 is 5.32 Å². The van der Waals surface area contributed by atoms with Crippen LogP contribution in [0.15, 0.2) is 36.4 Å². The second-order valence-corrected chi connectivity index (χ2v) is 4.69. The predicted octanol–water partition coefficient (Wildman–Crippen LogP) is 3.96. The molecule has 0 bridgehead atoms. The second kappa shape index (κ2) is 5.69. The molecule has 0 aliphatic carbocycles. The molecule has 1 N–H and O–H groups in total. The number of benzene rings is 2. The summed E-state index contributed by atoms with van der Waals surface area (Å²) in [5, 5.41) is 13.8. The Morgan fingerprint density at radius 2 is 1.90 bits per heavy atom. The SMILES string of the molecule is Cc1ccc(CNc2cc(F)ccc2[N+](=O)[O-])cc1C. The Hall–Kier alpha value is -2.43. The molecule has 0 unspecified atom stereocenters. The molecule has 0 fully saturated rings. The summed E-state index contributed by atoms with van der Waals surface area (Å²) in [6.45, 7) is 4.43. The molecule has 2 rings (SSSR count). The minimum Gasteiger partial charge on any atom is -0.375 e. The molecule has 104 valence electrons. The van der Waals surface area contributed by atoms with E-state index in [0.29, 0.717) is 6.54 Å². The van der Waals surface area contributed by atoms with E-state index in [1.807, 2.05) is 32.0 Å². The van der Waals surface area contributed by atoms with Gasteiger partial charge in [0.05, 0.1) is 4.92 Å². The standard InChI is InChI=1S/C15H15FN2O2/c1-10-3-4-12(7-11(10)2)9-17-14-8-13(16)5-6-15(14)18(19)20/h3-8,17H,9H2,1-2H3. The van der Waals surface area contributed by atoms with Gasteiger partial charge in [-0.3, -0.25) is 10.1 Å². The van der Waals surface area contributed by atoms with E-state index in [1.165, 1.54) is 5.56 Å². The highest BCUT2D eigenvalue weighted by atomic mass is 19.1. The van der Waals surface area contributed by atoms with Crippen LogP contribution in [-0.2, 0) is 6.54 Å². The first-order valence-corrected chi connectivity index (χ1v) is 6.21. The number of nitro groups is 1. The zero-order valence-corrected chi connectivity index (χ0v) is 11.3. The number of rotatable bonds is 4. The summed E-state index contributed by atoms with van der Waals surface area (Å²) < 4.78 is 13.2. The van der Waals surface area contributed by atoms with Crippen LogP contribution >= 0.6 is 0 Å². The van der Waals surface area contributed by atoms with E-state index >= 15 is 0 Å². The van der Waals surface area contributed by atoms with Crippen molar-refractivity contribution in [2.75, 3.05) is 5.32 Å². The van der Waals surface area contributed by atoms with Crippen LogP contribution in [0, 0.1) is 29.8 Å². The van der Waals surface area contributed by atoms with Gasteiger partial charge in [0.1, 0.15) is 11.5 Å². The zero-order valence-electron chi connectivity index (χ0n) is 11.3. The summed E-state index contributed by atoms with van der Waals surface area (Å²) in [5.41, 5.74) is 3.39. The third-order valence-corrected chi connectivity index (χ3v) is 3.21. The number of nitrogens with zero attached hydrogens (tertiary/aromatic N) is 1. The fraction of sp³-hybridized carbons (Fsp3) is 0.200. The predicted molar refractivity (Wildman–Crippen MR) is 76.3 cm³/mol. The maximum absolute atomic E-state index is 13.2. The molecule has 0 aliphatic rings. The van der Waals surface area contributed by atoms with Gasteiger partial charge in [-0.1, -0.05) is 18.2 Å². The fourth-order valence-corrected chi connectivity index (χ4v) is 1.92. The third-order valence-electron chi connectivity index (χ3n) is 3.21. The zero-order chi connectivity index (χ0) is 14.7. The van der Waals surface area contributed by atoms with Crippen molar-refractivity contribution < 1.29 is 9.31 Å². The van der Waals surface area contributed by atoms with E-state index in [1.54, 1.807) is 0 Å². The van der Waals surface area contributed by atoms with Crippen LogP contribution in [0.3, 0.4) is 0 Å². The maximum Gasteiger partial charge on any atom is 0.292 e. The largest absolute Gasteiger partial charge is 0.375 e. The number of nitrogens with one attached hydrogen (secondary N) is 1. The Balaban J connectivity index is 2.20. The van der Waals surface area contributed by atoms with Crippen LogP contribution in [0.1, 0.15) is 16.7 Å². The fourth-order valence-electron chi connectivity index (χ4n) is 1.92. The van der Waals surface area contributed by atoms with E-state index in [2.05, 4.69) is 5.32 Å². The monoisotopic (exact) mass is 274 g/mol. The highest BCUT2D eigenvalue weighted by Crippen LogP contribution is 2.25. The van der Waals surface area contributed by atoms with Gasteiger partial charge in [0, 0.05) is 18.7 Å². The summed E-state index contributed by atoms with van der Waals surface area (Å²) in [6, 6.07) is 9.33. The van der Waals surface area contributed by atoms with Crippen molar-refractivity contribution in [3.05, 3.63) is 69.0 Å². The molecule has 2 aromatic carbocycles. The number of aryl methyl sites for hydroxylation is 2. The highest BCUT2D eigenvalue weighted by Gasteiger charge is 2.14. The van der Waals surface area contributed by atoms with E-state index < -0.39 is 10.7 Å². The molecule has 4 nitrogen and oxygen atoms in total. The van der Waals surface area contributed by atoms with Crippen LogP contribution in [0.2, 0.25) is 0 Å². The number of hydrogen-bond acceptors (Lipinski definition) is 3. The van der Waals surface area contributed by atoms with Gasteiger partial charge in [0.25, 0.3) is 5.69 Å². The first-order chi connectivity index (χ1) is 9.47. The van der Waals surface area contributed by atoms with Crippen molar-refractivity contribution in [2.45, 2.75) is 20.4 Å². The number of nitro benzene ring substituents is 1. The Bertz CT molecular complexity index is 656. The molecule has 2 aromatic rings. The van der Waals surface area contributed by atoms with Crippen LogP contribution in [-0.4, -0.2) is 4.92 Å². The molecule has 0 radical (unpaired) electrons. The first-order valence-electron chi connectivity index (χ1n) is 6.21. The van der Waals surface area contributed by atoms with Crippen molar-refractivity contribution in [2.24, 2.45) is 0 Å². The summed E-state index contributed by atoms with van der Waals surface area (Å²) in [5.74, 6) is -0.502. The molecular weight excluding hydrogens is 259 g/mol. The summed E-state index contributed by atoms with van der Waals surface area (Å²) in [4.78, 5) is 10.4. The molecule has 0 saturated heterocycles. The Morgan fingerprint density at radius 1 is 1.15 bits per heavy atom. The number of halogens is 1. The van der Waals surface area contributed by atoms with E-state index in [4.69, 9.17) is 0 Å². The Kier molecular flexibility index (Phi) is 3.98. The Labute approximate surface area is 116 Å². The Morgan fingerprint density at radius 3 is 2.55 bits per heavy atom. The smallest absolute Gasteiger partial charge is 0.292 e. The number of hydrogen-bond donors (Lipinski definition) is 1.